The van der Waals surface area contributed by atoms with Crippen LogP contribution in [0.2, 0.25) is 0 Å². The third-order valence-corrected chi connectivity index (χ3v) is 3.46. The lowest BCUT2D eigenvalue weighted by atomic mass is 10.1. The average Bonchev–Trinajstić information content (AvgIpc) is 2.82. The van der Waals surface area contributed by atoms with Gasteiger partial charge in [0.05, 0.1) is 0 Å². The summed E-state index contributed by atoms with van der Waals surface area (Å²) in [7, 11) is 4.15. The summed E-state index contributed by atoms with van der Waals surface area (Å²) in [6.45, 7) is 6.23. The fourth-order valence-corrected chi connectivity index (χ4v) is 2.36. The molecule has 0 saturated carbocycles. The molecule has 2 rings (SSSR count). The Kier molecular flexibility index (Phi) is 6.23. The van der Waals surface area contributed by atoms with Crippen molar-refractivity contribution in [2.75, 3.05) is 33.8 Å². The smallest absolute Gasteiger partial charge is 0.135 e. The van der Waals surface area contributed by atoms with Gasteiger partial charge in [0, 0.05) is 24.1 Å². The van der Waals surface area contributed by atoms with Gasteiger partial charge in [0.15, 0.2) is 0 Å². The molecule has 2 aromatic rings. The van der Waals surface area contributed by atoms with E-state index in [0.717, 1.165) is 44.0 Å². The van der Waals surface area contributed by atoms with Crippen molar-refractivity contribution >= 4 is 11.0 Å². The maximum Gasteiger partial charge on any atom is 0.135 e. The normalized spacial score (nSPS) is 11.6. The Bertz CT molecular complexity index is 549. The minimum atomic E-state index is 0.544. The molecule has 0 unspecified atom stereocenters. The van der Waals surface area contributed by atoms with Crippen molar-refractivity contribution < 1.29 is 9.15 Å². The Hall–Kier alpha value is -1.36. The van der Waals surface area contributed by atoms with Crippen LogP contribution in [0.25, 0.3) is 11.0 Å². The highest BCUT2D eigenvalue weighted by Crippen LogP contribution is 2.26. The molecule has 21 heavy (non-hydrogen) atoms. The lowest BCUT2D eigenvalue weighted by Crippen LogP contribution is -2.15. The number of ether oxygens (including phenoxy) is 1. The van der Waals surface area contributed by atoms with E-state index in [2.05, 4.69) is 43.4 Å². The van der Waals surface area contributed by atoms with E-state index in [1.165, 1.54) is 10.9 Å². The highest BCUT2D eigenvalue weighted by atomic mass is 16.5. The van der Waals surface area contributed by atoms with Crippen molar-refractivity contribution in [3.05, 3.63) is 35.6 Å². The lowest BCUT2D eigenvalue weighted by Gasteiger charge is -2.09. The first-order valence-electron chi connectivity index (χ1n) is 7.64. The number of hydrogen-bond donors (Lipinski definition) is 1. The molecular formula is C17H26N2O2. The van der Waals surface area contributed by atoms with E-state index in [1.807, 2.05) is 12.1 Å². The van der Waals surface area contributed by atoms with Gasteiger partial charge in [0.2, 0.25) is 0 Å². The maximum absolute atomic E-state index is 5.95. The van der Waals surface area contributed by atoms with Crippen molar-refractivity contribution in [1.29, 1.82) is 0 Å². The molecule has 1 heterocycles. The van der Waals surface area contributed by atoms with Gasteiger partial charge in [0.25, 0.3) is 0 Å². The number of fused-ring (bicyclic) bond motifs is 1. The summed E-state index contributed by atoms with van der Waals surface area (Å²) in [5.41, 5.74) is 2.16. The van der Waals surface area contributed by atoms with E-state index >= 15 is 0 Å². The van der Waals surface area contributed by atoms with E-state index in [9.17, 15) is 0 Å². The number of furan rings is 1. The summed E-state index contributed by atoms with van der Waals surface area (Å²) in [6.07, 6.45) is 1.04. The molecule has 1 aromatic carbocycles. The van der Waals surface area contributed by atoms with Crippen LogP contribution in [0.4, 0.5) is 0 Å². The van der Waals surface area contributed by atoms with Crippen molar-refractivity contribution in [2.45, 2.75) is 26.5 Å². The topological polar surface area (TPSA) is 37.6 Å². The number of nitrogens with zero attached hydrogens (tertiary/aromatic N) is 1. The van der Waals surface area contributed by atoms with Crippen LogP contribution >= 0.6 is 0 Å². The molecule has 1 aromatic heterocycles. The number of benzene rings is 1. The predicted molar refractivity (Wildman–Crippen MR) is 86.4 cm³/mol. The quantitative estimate of drug-likeness (QED) is 0.720. The molecule has 1 N–H and O–H groups in total. The molecule has 0 aliphatic rings. The molecule has 4 heteroatoms. The molecule has 0 spiro atoms. The molecular weight excluding hydrogens is 264 g/mol. The van der Waals surface area contributed by atoms with Gasteiger partial charge in [-0.25, -0.2) is 0 Å². The number of hydrogen-bond acceptors (Lipinski definition) is 4. The van der Waals surface area contributed by atoms with Crippen LogP contribution in [-0.2, 0) is 17.9 Å². The first kappa shape index (κ1) is 16.0. The van der Waals surface area contributed by atoms with Crippen molar-refractivity contribution in [3.8, 4) is 0 Å². The molecule has 0 amide bonds. The van der Waals surface area contributed by atoms with Crippen LogP contribution in [0.1, 0.15) is 24.7 Å². The van der Waals surface area contributed by atoms with E-state index in [4.69, 9.17) is 9.15 Å². The zero-order valence-corrected chi connectivity index (χ0v) is 13.3. The third-order valence-electron chi connectivity index (χ3n) is 3.46. The summed E-state index contributed by atoms with van der Waals surface area (Å²) in [5.74, 6) is 0.946. The van der Waals surface area contributed by atoms with Gasteiger partial charge in [-0.05, 0) is 39.7 Å². The van der Waals surface area contributed by atoms with E-state index in [1.54, 1.807) is 0 Å². The maximum atomic E-state index is 5.95. The Labute approximate surface area is 127 Å². The summed E-state index contributed by atoms with van der Waals surface area (Å²) >= 11 is 0. The van der Waals surface area contributed by atoms with Crippen molar-refractivity contribution in [3.63, 3.8) is 0 Å². The molecule has 4 nitrogen and oxygen atoms in total. The minimum absolute atomic E-state index is 0.544. The molecule has 116 valence electrons. The van der Waals surface area contributed by atoms with Crippen molar-refractivity contribution in [2.24, 2.45) is 0 Å². The summed E-state index contributed by atoms with van der Waals surface area (Å²) in [4.78, 5) is 2.17. The fourth-order valence-electron chi connectivity index (χ4n) is 2.36. The van der Waals surface area contributed by atoms with E-state index in [0.29, 0.717) is 6.61 Å². The van der Waals surface area contributed by atoms with Gasteiger partial charge in [0.1, 0.15) is 18.0 Å². The first-order chi connectivity index (χ1) is 10.2. The molecule has 0 fully saturated rings. The van der Waals surface area contributed by atoms with Gasteiger partial charge in [-0.1, -0.05) is 25.1 Å². The Morgan fingerprint density at radius 3 is 2.81 bits per heavy atom. The molecule has 0 aliphatic heterocycles. The van der Waals surface area contributed by atoms with Gasteiger partial charge >= 0.3 is 0 Å². The zero-order chi connectivity index (χ0) is 15.1. The van der Waals surface area contributed by atoms with Crippen LogP contribution in [0.15, 0.2) is 28.7 Å². The molecule has 0 radical (unpaired) electrons. The second-order valence-corrected chi connectivity index (χ2v) is 5.49. The fraction of sp³-hybridized carbons (Fsp3) is 0.529. The van der Waals surface area contributed by atoms with Gasteiger partial charge in [-0.3, -0.25) is 0 Å². The standard InChI is InChI=1S/C17H26N2O2/c1-4-18-12-15-14-8-5-6-9-16(14)21-17(15)13-20-11-7-10-19(2)3/h5-6,8-9,18H,4,7,10-13H2,1-3H3. The predicted octanol–water partition coefficient (Wildman–Crippen LogP) is 3.01. The largest absolute Gasteiger partial charge is 0.458 e. The Morgan fingerprint density at radius 2 is 2.05 bits per heavy atom. The monoisotopic (exact) mass is 290 g/mol. The second kappa shape index (κ2) is 8.17. The van der Waals surface area contributed by atoms with Crippen LogP contribution in [-0.4, -0.2) is 38.7 Å². The molecule has 0 bridgehead atoms. The summed E-state index contributed by atoms with van der Waals surface area (Å²) in [5, 5.41) is 4.56. The molecule has 0 atom stereocenters. The molecule has 0 saturated heterocycles. The van der Waals surface area contributed by atoms with Crippen LogP contribution in [0.5, 0.6) is 0 Å². The van der Waals surface area contributed by atoms with Crippen LogP contribution in [0.3, 0.4) is 0 Å². The van der Waals surface area contributed by atoms with Crippen LogP contribution in [0, 0.1) is 0 Å². The highest BCUT2D eigenvalue weighted by molar-refractivity contribution is 5.82. The number of para-hydroxylation sites is 1. The number of rotatable bonds is 9. The molecule has 0 aliphatic carbocycles. The second-order valence-electron chi connectivity index (χ2n) is 5.49. The highest BCUT2D eigenvalue weighted by Gasteiger charge is 2.13. The minimum Gasteiger partial charge on any atom is -0.458 e. The Balaban J connectivity index is 2.00. The van der Waals surface area contributed by atoms with E-state index < -0.39 is 0 Å². The lowest BCUT2D eigenvalue weighted by molar-refractivity contribution is 0.0997. The van der Waals surface area contributed by atoms with Crippen LogP contribution < -0.4 is 5.32 Å². The van der Waals surface area contributed by atoms with Gasteiger partial charge in [-0.2, -0.15) is 0 Å². The first-order valence-corrected chi connectivity index (χ1v) is 7.64. The average molecular weight is 290 g/mol. The SMILES string of the molecule is CCNCc1c(COCCCN(C)C)oc2ccccc12. The van der Waals surface area contributed by atoms with Crippen molar-refractivity contribution in [1.82, 2.24) is 10.2 Å². The van der Waals surface area contributed by atoms with E-state index in [-0.39, 0.29) is 0 Å². The summed E-state index contributed by atoms with van der Waals surface area (Å²) in [6, 6.07) is 8.18. The Morgan fingerprint density at radius 1 is 1.24 bits per heavy atom. The number of nitrogens with one attached hydrogen (secondary N) is 1. The third kappa shape index (κ3) is 4.56. The zero-order valence-electron chi connectivity index (χ0n) is 13.3. The van der Waals surface area contributed by atoms with Gasteiger partial charge < -0.3 is 19.4 Å². The van der Waals surface area contributed by atoms with Gasteiger partial charge in [-0.15, -0.1) is 0 Å². The summed E-state index contributed by atoms with van der Waals surface area (Å²) < 4.78 is 11.7.